The van der Waals surface area contributed by atoms with Gasteiger partial charge in [0.25, 0.3) is 0 Å². The number of amidine groups is 1. The summed E-state index contributed by atoms with van der Waals surface area (Å²) in [6, 6.07) is 2.56. The quantitative estimate of drug-likeness (QED) is 0.472. The molecule has 2 saturated heterocycles. The number of carbonyl (C=O) groups is 2. The molecule has 3 aliphatic heterocycles. The fraction of sp³-hybridized carbons (Fsp3) is 0.417. The van der Waals surface area contributed by atoms with E-state index in [4.69, 9.17) is 31.8 Å². The molecule has 0 radical (unpaired) electrons. The van der Waals surface area contributed by atoms with Gasteiger partial charge in [0, 0.05) is 52.5 Å². The Kier molecular flexibility index (Phi) is 7.43. The predicted molar refractivity (Wildman–Crippen MR) is 136 cm³/mol. The molecule has 2 aromatic rings. The lowest BCUT2D eigenvalue weighted by Gasteiger charge is -2.49. The van der Waals surface area contributed by atoms with Crippen LogP contribution < -0.4 is 16.4 Å². The first-order chi connectivity index (χ1) is 17.8. The number of nitrogens with two attached hydrogens (primary N) is 1. The minimum atomic E-state index is -0.833. The molecule has 1 aromatic heterocycles. The molecule has 13 heteroatoms. The molecule has 4 heterocycles. The number of nitrogens with one attached hydrogen (secondary N) is 2. The van der Waals surface area contributed by atoms with Crippen LogP contribution in [0.1, 0.15) is 29.5 Å². The van der Waals surface area contributed by atoms with Crippen LogP contribution in [0.3, 0.4) is 0 Å². The number of hydrogen-bond acceptors (Lipinski definition) is 9. The van der Waals surface area contributed by atoms with E-state index in [-0.39, 0.29) is 28.7 Å². The lowest BCUT2D eigenvalue weighted by atomic mass is 9.89. The number of carbonyl (C=O) groups excluding carboxylic acids is 2. The molecule has 2 fully saturated rings. The van der Waals surface area contributed by atoms with Gasteiger partial charge < -0.3 is 25.8 Å². The zero-order valence-corrected chi connectivity index (χ0v) is 21.5. The summed E-state index contributed by atoms with van der Waals surface area (Å²) >= 11 is 7.83. The number of primary amides is 1. The lowest BCUT2D eigenvalue weighted by molar-refractivity contribution is -0.136. The molecule has 4 atom stereocenters. The van der Waals surface area contributed by atoms with Crippen LogP contribution in [-0.4, -0.2) is 72.7 Å². The first-order valence-corrected chi connectivity index (χ1v) is 13.0. The summed E-state index contributed by atoms with van der Waals surface area (Å²) in [6.07, 6.45) is 2.98. The summed E-state index contributed by atoms with van der Waals surface area (Å²) < 4.78 is 24.8. The molecule has 10 nitrogen and oxygen atoms in total. The third-order valence-electron chi connectivity index (χ3n) is 6.78. The number of aromatic nitrogens is 1. The zero-order valence-electron chi connectivity index (χ0n) is 19.9. The minimum Gasteiger partial charge on any atom is -0.466 e. The highest BCUT2D eigenvalue weighted by molar-refractivity contribution is 7.11. The Morgan fingerprint density at radius 2 is 2.11 bits per heavy atom. The number of halogens is 2. The molecule has 196 valence electrons. The third kappa shape index (κ3) is 5.33. The van der Waals surface area contributed by atoms with Gasteiger partial charge in [-0.1, -0.05) is 17.7 Å². The van der Waals surface area contributed by atoms with Gasteiger partial charge >= 0.3 is 12.0 Å². The van der Waals surface area contributed by atoms with E-state index in [1.807, 2.05) is 5.38 Å². The van der Waals surface area contributed by atoms with Gasteiger partial charge in [-0.2, -0.15) is 0 Å². The highest BCUT2D eigenvalue weighted by Gasteiger charge is 2.42. The van der Waals surface area contributed by atoms with Gasteiger partial charge in [0.05, 0.1) is 25.9 Å². The molecule has 0 saturated carbocycles. The number of morpholine rings is 1. The minimum absolute atomic E-state index is 0.00687. The predicted octanol–water partition coefficient (Wildman–Crippen LogP) is 2.35. The first kappa shape index (κ1) is 25.6. The number of hydrogen-bond donors (Lipinski definition) is 3. The maximum absolute atomic E-state index is 13.9. The molecule has 37 heavy (non-hydrogen) atoms. The van der Waals surface area contributed by atoms with E-state index in [1.54, 1.807) is 6.20 Å². The lowest BCUT2D eigenvalue weighted by Crippen LogP contribution is -2.62. The second kappa shape index (κ2) is 10.7. The van der Waals surface area contributed by atoms with E-state index < -0.39 is 23.9 Å². The number of thiazole rings is 1. The number of methoxy groups -OCH3 is 1. The van der Waals surface area contributed by atoms with E-state index in [0.29, 0.717) is 54.7 Å². The molecule has 2 bridgehead atoms. The Hall–Kier alpha value is -3.06. The Balaban J connectivity index is 1.55. The number of nitrogens with zero attached hydrogens (tertiary/aromatic N) is 3. The van der Waals surface area contributed by atoms with E-state index >= 15 is 0 Å². The van der Waals surface area contributed by atoms with Crippen molar-refractivity contribution in [1.82, 2.24) is 20.5 Å². The molecule has 0 aliphatic carbocycles. The summed E-state index contributed by atoms with van der Waals surface area (Å²) in [5.74, 6) is -0.577. The standard InChI is InChI=1S/C24H26ClFN6O4S/c1-35-23(33)19-18(9-32-14-7-13(29-24(27)34)8-15(32)11-36-10-14)30-21(22-28-4-5-37-22)31-20(19)16-3-2-12(26)6-17(16)25/h2-6,13-15,20H,7-11H2,1H3,(H,30,31)(H3,27,29,34)/t13-,14+,15-,20-/m0/s1. The summed E-state index contributed by atoms with van der Waals surface area (Å²) in [5, 5.41) is 8.76. The highest BCUT2D eigenvalue weighted by Crippen LogP contribution is 2.38. The molecule has 0 unspecified atom stereocenters. The molecule has 0 spiro atoms. The van der Waals surface area contributed by atoms with Crippen LogP contribution in [0, 0.1) is 5.82 Å². The Bertz CT molecular complexity index is 1240. The van der Waals surface area contributed by atoms with E-state index in [0.717, 1.165) is 0 Å². The maximum Gasteiger partial charge on any atom is 0.338 e. The van der Waals surface area contributed by atoms with Crippen molar-refractivity contribution in [2.24, 2.45) is 10.7 Å². The molecular weight excluding hydrogens is 523 g/mol. The van der Waals surface area contributed by atoms with Gasteiger partial charge in [-0.15, -0.1) is 11.3 Å². The number of rotatable bonds is 6. The normalized spacial score (nSPS) is 25.8. The number of benzene rings is 1. The van der Waals surface area contributed by atoms with Crippen molar-refractivity contribution in [2.75, 3.05) is 26.9 Å². The van der Waals surface area contributed by atoms with Crippen LogP contribution in [0.25, 0.3) is 0 Å². The van der Waals surface area contributed by atoms with E-state index in [9.17, 15) is 14.0 Å². The maximum atomic E-state index is 13.9. The van der Waals surface area contributed by atoms with Crippen molar-refractivity contribution in [3.63, 3.8) is 0 Å². The topological polar surface area (TPSA) is 131 Å². The zero-order chi connectivity index (χ0) is 26.1. The van der Waals surface area contributed by atoms with Gasteiger partial charge in [0.2, 0.25) is 0 Å². The van der Waals surface area contributed by atoms with Crippen LogP contribution in [-0.2, 0) is 14.3 Å². The van der Waals surface area contributed by atoms with Gasteiger partial charge in [0.15, 0.2) is 10.8 Å². The third-order valence-corrected chi connectivity index (χ3v) is 7.89. The fourth-order valence-electron chi connectivity index (χ4n) is 5.22. The van der Waals surface area contributed by atoms with Crippen molar-refractivity contribution in [3.05, 3.63) is 62.5 Å². The summed E-state index contributed by atoms with van der Waals surface area (Å²) in [7, 11) is 1.31. The van der Waals surface area contributed by atoms with Gasteiger partial charge in [-0.3, -0.25) is 9.89 Å². The van der Waals surface area contributed by atoms with Crippen LogP contribution in [0.2, 0.25) is 5.02 Å². The largest absolute Gasteiger partial charge is 0.466 e. The molecule has 1 aromatic carbocycles. The first-order valence-electron chi connectivity index (χ1n) is 11.7. The number of esters is 1. The number of urea groups is 1. The van der Waals surface area contributed by atoms with Gasteiger partial charge in [0.1, 0.15) is 11.9 Å². The number of ether oxygens (including phenoxy) is 2. The molecule has 4 N–H and O–H groups in total. The van der Waals surface area contributed by atoms with Crippen molar-refractivity contribution in [1.29, 1.82) is 0 Å². The SMILES string of the molecule is COC(=O)C1=C(CN2[C@@H]3COC[C@H]2C[C@H](NC(N)=O)C3)NC(c2nccs2)=N[C@H]1c1ccc(F)cc1Cl. The Morgan fingerprint density at radius 1 is 1.35 bits per heavy atom. The molecular formula is C24H26ClFN6O4S. The smallest absolute Gasteiger partial charge is 0.338 e. The average Bonchev–Trinajstić information content (AvgIpc) is 3.38. The number of aliphatic imine (C=N–C) groups is 1. The van der Waals surface area contributed by atoms with E-state index in [1.165, 1.54) is 36.6 Å². The Morgan fingerprint density at radius 3 is 2.73 bits per heavy atom. The Labute approximate surface area is 221 Å². The number of fused-ring (bicyclic) bond motifs is 2. The second-order valence-electron chi connectivity index (χ2n) is 9.09. The van der Waals surface area contributed by atoms with E-state index in [2.05, 4.69) is 20.5 Å². The highest BCUT2D eigenvalue weighted by atomic mass is 35.5. The van der Waals surface area contributed by atoms with Crippen LogP contribution in [0.15, 0.2) is 46.0 Å². The van der Waals surface area contributed by atoms with Gasteiger partial charge in [-0.25, -0.2) is 19.0 Å². The molecule has 2 amide bonds. The fourth-order valence-corrected chi connectivity index (χ4v) is 6.08. The van der Waals surface area contributed by atoms with Crippen molar-refractivity contribution < 1.29 is 23.5 Å². The van der Waals surface area contributed by atoms with Crippen LogP contribution in [0.4, 0.5) is 9.18 Å². The summed E-state index contributed by atoms with van der Waals surface area (Å²) in [4.78, 5) is 36.0. The van der Waals surface area contributed by atoms with Crippen molar-refractivity contribution in [2.45, 2.75) is 37.0 Å². The molecule has 3 aliphatic rings. The van der Waals surface area contributed by atoms with Crippen molar-refractivity contribution >= 4 is 40.8 Å². The van der Waals surface area contributed by atoms with Crippen LogP contribution in [0.5, 0.6) is 0 Å². The molecule has 5 rings (SSSR count). The van der Waals surface area contributed by atoms with Crippen molar-refractivity contribution in [3.8, 4) is 0 Å². The van der Waals surface area contributed by atoms with Gasteiger partial charge in [-0.05, 0) is 25.0 Å². The monoisotopic (exact) mass is 548 g/mol. The number of amides is 2. The average molecular weight is 549 g/mol. The second-order valence-corrected chi connectivity index (χ2v) is 10.4. The number of piperidine rings is 1. The van der Waals surface area contributed by atoms with Crippen LogP contribution >= 0.6 is 22.9 Å². The summed E-state index contributed by atoms with van der Waals surface area (Å²) in [6.45, 7) is 1.33. The summed E-state index contributed by atoms with van der Waals surface area (Å²) in [5.41, 5.74) is 6.72.